The Kier molecular flexibility index (Phi) is 9.56. The van der Waals surface area contributed by atoms with Crippen LogP contribution >= 0.6 is 0 Å². The molecule has 0 amide bonds. The second kappa shape index (κ2) is 11.7. The molecule has 0 aliphatic heterocycles. The number of benzene rings is 2. The summed E-state index contributed by atoms with van der Waals surface area (Å²) in [6.07, 6.45) is 7.04. The summed E-state index contributed by atoms with van der Waals surface area (Å²) in [6, 6.07) is 11.8. The first-order valence-electron chi connectivity index (χ1n) is 9.02. The van der Waals surface area contributed by atoms with Crippen molar-refractivity contribution in [3.8, 4) is 0 Å². The lowest BCUT2D eigenvalue weighted by molar-refractivity contribution is 0.564. The molecule has 136 valence electrons. The molecule has 0 atom stereocenters. The summed E-state index contributed by atoms with van der Waals surface area (Å²) in [5.74, 6) is 0. The third-order valence-corrected chi connectivity index (χ3v) is 4.15. The zero-order valence-electron chi connectivity index (χ0n) is 16.0. The molecule has 0 saturated carbocycles. The number of isocyanates is 2. The number of aryl methyl sites for hydroxylation is 4. The van der Waals surface area contributed by atoms with E-state index in [-0.39, 0.29) is 0 Å². The molecule has 4 heteroatoms. The van der Waals surface area contributed by atoms with E-state index in [1.807, 2.05) is 30.3 Å². The first kappa shape index (κ1) is 21.2. The summed E-state index contributed by atoms with van der Waals surface area (Å²) >= 11 is 0. The summed E-state index contributed by atoms with van der Waals surface area (Å²) < 4.78 is 0. The van der Waals surface area contributed by atoms with Crippen molar-refractivity contribution in [2.75, 3.05) is 0 Å². The number of aliphatic imine (C=N–C) groups is 2. The largest absolute Gasteiger partial charge is 0.240 e. The molecule has 0 saturated heterocycles. The molecule has 2 rings (SSSR count). The fourth-order valence-electron chi connectivity index (χ4n) is 2.68. The average Bonchev–Trinajstić information content (AvgIpc) is 2.68. The molecule has 0 aliphatic rings. The Hall–Kier alpha value is -2.80. The van der Waals surface area contributed by atoms with E-state index in [0.29, 0.717) is 11.4 Å². The van der Waals surface area contributed by atoms with Gasteiger partial charge >= 0.3 is 0 Å². The Bertz CT molecular complexity index is 793. The summed E-state index contributed by atoms with van der Waals surface area (Å²) in [5, 5.41) is 0. The van der Waals surface area contributed by atoms with E-state index in [1.165, 1.54) is 22.3 Å². The predicted octanol–water partition coefficient (Wildman–Crippen LogP) is 5.56. The van der Waals surface area contributed by atoms with Gasteiger partial charge in [-0.3, -0.25) is 0 Å². The highest BCUT2D eigenvalue weighted by Gasteiger charge is 1.99. The smallest absolute Gasteiger partial charge is 0.211 e. The molecule has 26 heavy (non-hydrogen) atoms. The van der Waals surface area contributed by atoms with Crippen molar-refractivity contribution in [3.63, 3.8) is 0 Å². The maximum Gasteiger partial charge on any atom is 0.240 e. The van der Waals surface area contributed by atoms with E-state index in [2.05, 4.69) is 43.7 Å². The van der Waals surface area contributed by atoms with Crippen molar-refractivity contribution < 1.29 is 9.59 Å². The molecule has 0 fully saturated rings. The zero-order valence-corrected chi connectivity index (χ0v) is 16.0. The third kappa shape index (κ3) is 6.60. The monoisotopic (exact) mass is 350 g/mol. The van der Waals surface area contributed by atoms with Crippen molar-refractivity contribution in [1.82, 2.24) is 0 Å². The summed E-state index contributed by atoms with van der Waals surface area (Å²) in [4.78, 5) is 27.3. The number of hydrogen-bond donors (Lipinski definition) is 0. The lowest BCUT2D eigenvalue weighted by atomic mass is 10.0. The highest BCUT2D eigenvalue weighted by atomic mass is 16.1. The predicted molar refractivity (Wildman–Crippen MR) is 106 cm³/mol. The molecule has 4 nitrogen and oxygen atoms in total. The second-order valence-electron chi connectivity index (χ2n) is 5.78. The highest BCUT2D eigenvalue weighted by molar-refractivity contribution is 5.52. The first-order chi connectivity index (χ1) is 12.6. The van der Waals surface area contributed by atoms with Gasteiger partial charge in [0.25, 0.3) is 0 Å². The molecular formula is C22H26N2O2. The standard InChI is InChI=1S/2C11H13NO/c1-3-9-5-10(4-2)7-11(6-9)12-8-13;1-3-9-5-6-11(12-8-13)7-10(9)4-2/h2*5-7H,3-4H2,1-2H3. The van der Waals surface area contributed by atoms with Crippen LogP contribution in [-0.4, -0.2) is 12.2 Å². The van der Waals surface area contributed by atoms with Gasteiger partial charge in [0.1, 0.15) is 0 Å². The number of nitrogens with zero attached hydrogens (tertiary/aromatic N) is 2. The van der Waals surface area contributed by atoms with Crippen LogP contribution in [0.2, 0.25) is 0 Å². The molecule has 0 bridgehead atoms. The SMILES string of the molecule is CCc1cc(CC)cc(N=C=O)c1.CCc1ccc(N=C=O)cc1CC. The highest BCUT2D eigenvalue weighted by Crippen LogP contribution is 2.19. The van der Waals surface area contributed by atoms with E-state index >= 15 is 0 Å². The molecule has 0 heterocycles. The summed E-state index contributed by atoms with van der Waals surface area (Å²) in [7, 11) is 0. The average molecular weight is 350 g/mol. The van der Waals surface area contributed by atoms with Crippen molar-refractivity contribution in [1.29, 1.82) is 0 Å². The molecule has 0 radical (unpaired) electrons. The Morgan fingerprint density at radius 3 is 1.65 bits per heavy atom. The lowest BCUT2D eigenvalue weighted by Gasteiger charge is -2.04. The van der Waals surface area contributed by atoms with Crippen molar-refractivity contribution >= 4 is 23.5 Å². The van der Waals surface area contributed by atoms with E-state index in [4.69, 9.17) is 0 Å². The molecule has 0 spiro atoms. The van der Waals surface area contributed by atoms with Crippen molar-refractivity contribution in [2.45, 2.75) is 53.4 Å². The van der Waals surface area contributed by atoms with Crippen molar-refractivity contribution in [3.05, 3.63) is 58.7 Å². The molecule has 0 aromatic heterocycles. The van der Waals surface area contributed by atoms with Gasteiger partial charge in [-0.15, -0.1) is 0 Å². The van der Waals surface area contributed by atoms with Crippen LogP contribution in [0.4, 0.5) is 11.4 Å². The number of hydrogen-bond acceptors (Lipinski definition) is 4. The second-order valence-corrected chi connectivity index (χ2v) is 5.78. The van der Waals surface area contributed by atoms with Gasteiger partial charge in [0.15, 0.2) is 0 Å². The molecular weight excluding hydrogens is 324 g/mol. The van der Waals surface area contributed by atoms with Crippen LogP contribution in [0.1, 0.15) is 49.9 Å². The van der Waals surface area contributed by atoms with Crippen LogP contribution in [-0.2, 0) is 35.3 Å². The molecule has 0 N–H and O–H groups in total. The lowest BCUT2D eigenvalue weighted by Crippen LogP contribution is -1.89. The zero-order chi connectivity index (χ0) is 19.4. The minimum absolute atomic E-state index is 0.698. The van der Waals surface area contributed by atoms with Crippen LogP contribution in [0.15, 0.2) is 46.4 Å². The van der Waals surface area contributed by atoms with Crippen LogP contribution in [0.5, 0.6) is 0 Å². The number of rotatable bonds is 6. The van der Waals surface area contributed by atoms with Crippen LogP contribution in [0.25, 0.3) is 0 Å². The molecule has 2 aromatic rings. The van der Waals surface area contributed by atoms with E-state index in [1.54, 1.807) is 12.2 Å². The fraction of sp³-hybridized carbons (Fsp3) is 0.364. The minimum atomic E-state index is 0.698. The molecule has 0 unspecified atom stereocenters. The van der Waals surface area contributed by atoms with Gasteiger partial charge in [-0.05, 0) is 72.2 Å². The minimum Gasteiger partial charge on any atom is -0.211 e. The normalized spacial score (nSPS) is 9.38. The van der Waals surface area contributed by atoms with Crippen LogP contribution in [0.3, 0.4) is 0 Å². The quantitative estimate of drug-likeness (QED) is 0.506. The van der Waals surface area contributed by atoms with E-state index in [0.717, 1.165) is 25.7 Å². The Morgan fingerprint density at radius 2 is 1.19 bits per heavy atom. The van der Waals surface area contributed by atoms with Crippen LogP contribution in [0, 0.1) is 0 Å². The maximum atomic E-state index is 10.1. The summed E-state index contributed by atoms with van der Waals surface area (Å²) in [5.41, 5.74) is 6.43. The van der Waals surface area contributed by atoms with Gasteiger partial charge in [-0.25, -0.2) is 9.59 Å². The topological polar surface area (TPSA) is 58.9 Å². The molecule has 2 aromatic carbocycles. The first-order valence-corrected chi connectivity index (χ1v) is 9.02. The maximum absolute atomic E-state index is 10.1. The van der Waals surface area contributed by atoms with Gasteiger partial charge in [-0.2, -0.15) is 9.98 Å². The van der Waals surface area contributed by atoms with E-state index < -0.39 is 0 Å². The number of carbonyl (C=O) groups excluding carboxylic acids is 2. The fourth-order valence-corrected chi connectivity index (χ4v) is 2.68. The van der Waals surface area contributed by atoms with Gasteiger partial charge in [-0.1, -0.05) is 39.8 Å². The summed E-state index contributed by atoms with van der Waals surface area (Å²) in [6.45, 7) is 8.40. The van der Waals surface area contributed by atoms with Crippen molar-refractivity contribution in [2.24, 2.45) is 9.98 Å². The third-order valence-electron chi connectivity index (χ3n) is 4.15. The van der Waals surface area contributed by atoms with E-state index in [9.17, 15) is 9.59 Å². The van der Waals surface area contributed by atoms with Gasteiger partial charge < -0.3 is 0 Å². The van der Waals surface area contributed by atoms with Gasteiger partial charge in [0.2, 0.25) is 12.2 Å². The Balaban J connectivity index is 0.000000260. The van der Waals surface area contributed by atoms with Gasteiger partial charge in [0.05, 0.1) is 11.4 Å². The van der Waals surface area contributed by atoms with Crippen LogP contribution < -0.4 is 0 Å². The molecule has 0 aliphatic carbocycles. The Labute approximate surface area is 155 Å². The van der Waals surface area contributed by atoms with Gasteiger partial charge in [0, 0.05) is 0 Å². The Morgan fingerprint density at radius 1 is 0.654 bits per heavy atom.